The minimum absolute atomic E-state index is 0.0569. The lowest BCUT2D eigenvalue weighted by Gasteiger charge is -2.27. The van der Waals surface area contributed by atoms with Crippen molar-refractivity contribution < 1.29 is 19.3 Å². The summed E-state index contributed by atoms with van der Waals surface area (Å²) >= 11 is 0. The number of ether oxygens (including phenoxy) is 3. The summed E-state index contributed by atoms with van der Waals surface area (Å²) in [4.78, 5) is 0. The van der Waals surface area contributed by atoms with E-state index in [4.69, 9.17) is 14.2 Å². The quantitative estimate of drug-likeness (QED) is 0.159. The zero-order valence-electron chi connectivity index (χ0n) is 24.0. The zero-order valence-corrected chi connectivity index (χ0v) is 24.0. The van der Waals surface area contributed by atoms with E-state index in [-0.39, 0.29) is 5.60 Å². The van der Waals surface area contributed by atoms with Crippen LogP contribution in [0.15, 0.2) is 29.8 Å². The summed E-state index contributed by atoms with van der Waals surface area (Å²) in [6.07, 6.45) is 10.4. The van der Waals surface area contributed by atoms with E-state index >= 15 is 0 Å². The molecular formula is C31H54O4. The summed E-state index contributed by atoms with van der Waals surface area (Å²) in [5.41, 5.74) is 3.53. The number of methoxy groups -OCH3 is 1. The molecule has 0 fully saturated rings. The van der Waals surface area contributed by atoms with E-state index < -0.39 is 6.10 Å². The lowest BCUT2D eigenvalue weighted by Crippen LogP contribution is -2.25. The molecule has 0 spiro atoms. The molecule has 1 aromatic carbocycles. The third-order valence-electron chi connectivity index (χ3n) is 6.80. The molecule has 0 radical (unpaired) electrons. The van der Waals surface area contributed by atoms with Crippen molar-refractivity contribution in [1.82, 2.24) is 0 Å². The number of aryl methyl sites for hydroxylation is 1. The van der Waals surface area contributed by atoms with Crippen molar-refractivity contribution in [3.63, 3.8) is 0 Å². The van der Waals surface area contributed by atoms with Gasteiger partial charge in [-0.05, 0) is 95.8 Å². The van der Waals surface area contributed by atoms with Crippen LogP contribution >= 0.6 is 0 Å². The SMILES string of the molecule is COc1cc(CC(O)COCCC(C)CCCC(C)(C)OCCC(C)CCC=C(C)C)ccc1C. The van der Waals surface area contributed by atoms with Gasteiger partial charge in [0.2, 0.25) is 0 Å². The predicted molar refractivity (Wildman–Crippen MR) is 148 cm³/mol. The van der Waals surface area contributed by atoms with Crippen LogP contribution in [0.25, 0.3) is 0 Å². The highest BCUT2D eigenvalue weighted by Gasteiger charge is 2.19. The Bertz CT molecular complexity index is 721. The second-order valence-corrected chi connectivity index (χ2v) is 11.4. The smallest absolute Gasteiger partial charge is 0.122 e. The number of hydrogen-bond donors (Lipinski definition) is 1. The van der Waals surface area contributed by atoms with Crippen LogP contribution in [-0.4, -0.2) is 43.7 Å². The van der Waals surface area contributed by atoms with Gasteiger partial charge in [0.1, 0.15) is 5.75 Å². The van der Waals surface area contributed by atoms with Crippen molar-refractivity contribution in [1.29, 1.82) is 0 Å². The molecular weight excluding hydrogens is 436 g/mol. The van der Waals surface area contributed by atoms with Gasteiger partial charge in [-0.3, -0.25) is 0 Å². The van der Waals surface area contributed by atoms with Crippen LogP contribution in [-0.2, 0) is 15.9 Å². The van der Waals surface area contributed by atoms with Crippen LogP contribution < -0.4 is 4.74 Å². The van der Waals surface area contributed by atoms with Gasteiger partial charge >= 0.3 is 0 Å². The maximum atomic E-state index is 10.3. The molecule has 35 heavy (non-hydrogen) atoms. The molecule has 3 unspecified atom stereocenters. The summed E-state index contributed by atoms with van der Waals surface area (Å²) in [6, 6.07) is 6.07. The fraction of sp³-hybridized carbons (Fsp3) is 0.742. The topological polar surface area (TPSA) is 47.9 Å². The van der Waals surface area contributed by atoms with Crippen molar-refractivity contribution in [3.8, 4) is 5.75 Å². The normalized spacial score (nSPS) is 14.4. The summed E-state index contributed by atoms with van der Waals surface area (Å²) < 4.78 is 17.4. The van der Waals surface area contributed by atoms with Gasteiger partial charge in [0, 0.05) is 19.6 Å². The lowest BCUT2D eigenvalue weighted by molar-refractivity contribution is -0.0308. The van der Waals surface area contributed by atoms with Crippen LogP contribution in [0.3, 0.4) is 0 Å². The van der Waals surface area contributed by atoms with E-state index in [1.807, 2.05) is 25.1 Å². The Hall–Kier alpha value is -1.36. The first-order chi connectivity index (χ1) is 16.5. The third-order valence-corrected chi connectivity index (χ3v) is 6.80. The first-order valence-electron chi connectivity index (χ1n) is 13.7. The zero-order chi connectivity index (χ0) is 26.3. The van der Waals surface area contributed by atoms with E-state index in [9.17, 15) is 5.11 Å². The molecule has 0 saturated carbocycles. The van der Waals surface area contributed by atoms with E-state index in [0.717, 1.165) is 42.7 Å². The monoisotopic (exact) mass is 490 g/mol. The molecule has 202 valence electrons. The fourth-order valence-electron chi connectivity index (χ4n) is 4.26. The van der Waals surface area contributed by atoms with E-state index in [0.29, 0.717) is 31.5 Å². The van der Waals surface area contributed by atoms with E-state index in [1.165, 1.54) is 31.3 Å². The maximum absolute atomic E-state index is 10.3. The standard InChI is InChI=1S/C31H54O4/c1-24(2)11-9-12-25(3)17-20-35-31(6,7)18-10-13-26(4)16-19-34-23-29(32)21-28-15-14-27(5)30(22-28)33-8/h11,14-15,22,25-26,29,32H,9-10,12-13,16-21,23H2,1-8H3. The van der Waals surface area contributed by atoms with Crippen molar-refractivity contribution in [2.45, 2.75) is 112 Å². The molecule has 0 aliphatic carbocycles. The van der Waals surface area contributed by atoms with Crippen LogP contribution in [0.4, 0.5) is 0 Å². The molecule has 1 rings (SSSR count). The minimum atomic E-state index is -0.495. The predicted octanol–water partition coefficient (Wildman–Crippen LogP) is 7.69. The van der Waals surface area contributed by atoms with Crippen LogP contribution in [0.1, 0.15) is 97.6 Å². The summed E-state index contributed by atoms with van der Waals surface area (Å²) in [7, 11) is 1.68. The van der Waals surface area contributed by atoms with Gasteiger partial charge in [0.15, 0.2) is 0 Å². The third kappa shape index (κ3) is 15.4. The number of allylic oxidation sites excluding steroid dienone is 2. The highest BCUT2D eigenvalue weighted by Crippen LogP contribution is 2.23. The first-order valence-corrected chi connectivity index (χ1v) is 13.7. The maximum Gasteiger partial charge on any atom is 0.122 e. The van der Waals surface area contributed by atoms with Gasteiger partial charge in [-0.25, -0.2) is 0 Å². The molecule has 1 aromatic rings. The number of rotatable bonds is 19. The van der Waals surface area contributed by atoms with Gasteiger partial charge < -0.3 is 19.3 Å². The van der Waals surface area contributed by atoms with Gasteiger partial charge in [-0.2, -0.15) is 0 Å². The minimum Gasteiger partial charge on any atom is -0.496 e. The first kappa shape index (κ1) is 31.7. The van der Waals surface area contributed by atoms with Crippen LogP contribution in [0, 0.1) is 18.8 Å². The fourth-order valence-corrected chi connectivity index (χ4v) is 4.26. The summed E-state index contributed by atoms with van der Waals surface area (Å²) in [5, 5.41) is 10.3. The number of benzene rings is 1. The lowest BCUT2D eigenvalue weighted by atomic mass is 9.95. The molecule has 0 saturated heterocycles. The Morgan fingerprint density at radius 2 is 1.71 bits per heavy atom. The van der Waals surface area contributed by atoms with Gasteiger partial charge in [-0.15, -0.1) is 0 Å². The van der Waals surface area contributed by atoms with Gasteiger partial charge in [-0.1, -0.05) is 50.5 Å². The van der Waals surface area contributed by atoms with Crippen molar-refractivity contribution in [2.75, 3.05) is 26.9 Å². The molecule has 4 heteroatoms. The number of aliphatic hydroxyl groups excluding tert-OH is 1. The Balaban J connectivity index is 2.13. The molecule has 1 N–H and O–H groups in total. The van der Waals surface area contributed by atoms with Crippen LogP contribution in [0.5, 0.6) is 5.75 Å². The molecule has 0 amide bonds. The Morgan fingerprint density at radius 1 is 1.03 bits per heavy atom. The van der Waals surface area contributed by atoms with Crippen molar-refractivity contribution >= 4 is 0 Å². The average molecular weight is 491 g/mol. The van der Waals surface area contributed by atoms with Crippen molar-refractivity contribution in [3.05, 3.63) is 41.0 Å². The molecule has 0 aliphatic heterocycles. The average Bonchev–Trinajstić information content (AvgIpc) is 2.77. The number of aliphatic hydroxyl groups is 1. The second-order valence-electron chi connectivity index (χ2n) is 11.4. The Kier molecular flexibility index (Phi) is 15.5. The summed E-state index contributed by atoms with van der Waals surface area (Å²) in [5.74, 6) is 2.18. The van der Waals surface area contributed by atoms with Crippen molar-refractivity contribution in [2.24, 2.45) is 11.8 Å². The molecule has 3 atom stereocenters. The highest BCUT2D eigenvalue weighted by atomic mass is 16.5. The second kappa shape index (κ2) is 17.2. The largest absolute Gasteiger partial charge is 0.496 e. The van der Waals surface area contributed by atoms with Gasteiger partial charge in [0.05, 0.1) is 25.4 Å². The Morgan fingerprint density at radius 3 is 2.40 bits per heavy atom. The molecule has 0 aliphatic rings. The number of hydrogen-bond acceptors (Lipinski definition) is 4. The van der Waals surface area contributed by atoms with E-state index in [2.05, 4.69) is 47.6 Å². The molecule has 0 aromatic heterocycles. The van der Waals surface area contributed by atoms with Crippen LogP contribution in [0.2, 0.25) is 0 Å². The molecule has 0 heterocycles. The van der Waals surface area contributed by atoms with Gasteiger partial charge in [0.25, 0.3) is 0 Å². The molecule has 0 bridgehead atoms. The van der Waals surface area contributed by atoms with E-state index in [1.54, 1.807) is 7.11 Å². The molecule has 4 nitrogen and oxygen atoms in total. The Labute approximate surface area is 216 Å². The summed E-state index contributed by atoms with van der Waals surface area (Å²) in [6.45, 7) is 17.3. The highest BCUT2D eigenvalue weighted by molar-refractivity contribution is 5.36.